The second-order valence-electron chi connectivity index (χ2n) is 4.91. The minimum absolute atomic E-state index is 0.339. The van der Waals surface area contributed by atoms with Crippen molar-refractivity contribution in [3.05, 3.63) is 28.8 Å². The van der Waals surface area contributed by atoms with E-state index in [1.165, 1.54) is 0 Å². The summed E-state index contributed by atoms with van der Waals surface area (Å²) in [6.07, 6.45) is 0.927. The molecule has 0 aliphatic carbocycles. The molecule has 0 aromatic heterocycles. The molecule has 0 spiro atoms. The number of urea groups is 1. The lowest BCUT2D eigenvalue weighted by Gasteiger charge is -2.21. The summed E-state index contributed by atoms with van der Waals surface area (Å²) < 4.78 is 5.14. The summed E-state index contributed by atoms with van der Waals surface area (Å²) >= 11 is 6.26. The molecule has 2 rings (SSSR count). The molecule has 6 heteroatoms. The molecular formula is C14H20ClN3O2. The third-order valence-corrected chi connectivity index (χ3v) is 3.91. The van der Waals surface area contributed by atoms with Crippen LogP contribution in [0.1, 0.15) is 12.0 Å². The van der Waals surface area contributed by atoms with E-state index in [1.54, 1.807) is 12.0 Å². The van der Waals surface area contributed by atoms with Crippen LogP contribution in [-0.4, -0.2) is 49.1 Å². The summed E-state index contributed by atoms with van der Waals surface area (Å²) in [6.45, 7) is 3.91. The monoisotopic (exact) mass is 297 g/mol. The third-order valence-electron chi connectivity index (χ3n) is 3.55. The maximum atomic E-state index is 11.2. The van der Waals surface area contributed by atoms with Crippen molar-refractivity contribution in [2.75, 3.05) is 33.3 Å². The first kappa shape index (κ1) is 14.9. The number of ether oxygens (including phenoxy) is 1. The number of carbonyl (C=O) groups excluding carboxylic acids is 1. The van der Waals surface area contributed by atoms with E-state index < -0.39 is 0 Å². The zero-order valence-corrected chi connectivity index (χ0v) is 12.4. The van der Waals surface area contributed by atoms with E-state index in [0.717, 1.165) is 43.9 Å². The third kappa shape index (κ3) is 3.77. The Balaban J connectivity index is 1.98. The molecule has 1 aliphatic heterocycles. The number of carbonyl (C=O) groups is 1. The molecule has 0 saturated carbocycles. The summed E-state index contributed by atoms with van der Waals surface area (Å²) in [7, 11) is 1.62. The Morgan fingerprint density at radius 3 is 2.80 bits per heavy atom. The fourth-order valence-corrected chi connectivity index (χ4v) is 2.60. The predicted octanol–water partition coefficient (Wildman–Crippen LogP) is 1.94. The molecule has 1 aromatic rings. The van der Waals surface area contributed by atoms with Gasteiger partial charge in [0.25, 0.3) is 0 Å². The summed E-state index contributed by atoms with van der Waals surface area (Å²) in [5.41, 5.74) is 6.39. The Bertz CT molecular complexity index is 481. The van der Waals surface area contributed by atoms with Gasteiger partial charge in [-0.3, -0.25) is 4.90 Å². The average Bonchev–Trinajstić information content (AvgIpc) is 2.66. The first-order chi connectivity index (χ1) is 9.60. The predicted molar refractivity (Wildman–Crippen MR) is 79.1 cm³/mol. The largest absolute Gasteiger partial charge is 0.497 e. The van der Waals surface area contributed by atoms with Gasteiger partial charge in [0.2, 0.25) is 0 Å². The summed E-state index contributed by atoms with van der Waals surface area (Å²) in [6, 6.07) is 5.38. The lowest BCUT2D eigenvalue weighted by Crippen LogP contribution is -2.38. The van der Waals surface area contributed by atoms with E-state index >= 15 is 0 Å². The van der Waals surface area contributed by atoms with Crippen LogP contribution in [0.5, 0.6) is 5.75 Å². The maximum absolute atomic E-state index is 11.2. The Morgan fingerprint density at radius 2 is 2.15 bits per heavy atom. The number of halogens is 1. The van der Waals surface area contributed by atoms with Gasteiger partial charge in [0.1, 0.15) is 5.75 Å². The first-order valence-corrected chi connectivity index (χ1v) is 7.07. The number of primary amides is 1. The van der Waals surface area contributed by atoms with E-state index in [-0.39, 0.29) is 6.03 Å². The SMILES string of the molecule is COc1ccc(CN2CCCN(C(N)=O)CC2)c(Cl)c1. The normalized spacial score (nSPS) is 16.8. The number of amides is 2. The van der Waals surface area contributed by atoms with Crippen LogP contribution in [0.15, 0.2) is 18.2 Å². The number of hydrogen-bond donors (Lipinski definition) is 1. The minimum atomic E-state index is -0.339. The van der Waals surface area contributed by atoms with E-state index in [1.807, 2.05) is 18.2 Å². The van der Waals surface area contributed by atoms with E-state index in [2.05, 4.69) is 4.90 Å². The van der Waals surface area contributed by atoms with Gasteiger partial charge in [-0.05, 0) is 24.1 Å². The van der Waals surface area contributed by atoms with Gasteiger partial charge in [-0.15, -0.1) is 0 Å². The Labute approximate surface area is 124 Å². The van der Waals surface area contributed by atoms with Crippen molar-refractivity contribution in [1.29, 1.82) is 0 Å². The summed E-state index contributed by atoms with van der Waals surface area (Å²) in [5, 5.41) is 0.709. The zero-order chi connectivity index (χ0) is 14.5. The Kier molecular flexibility index (Phi) is 5.09. The number of nitrogens with zero attached hydrogens (tertiary/aromatic N) is 2. The Hall–Kier alpha value is -1.46. The van der Waals surface area contributed by atoms with Gasteiger partial charge >= 0.3 is 6.03 Å². The molecule has 5 nitrogen and oxygen atoms in total. The lowest BCUT2D eigenvalue weighted by atomic mass is 10.2. The van der Waals surface area contributed by atoms with E-state index in [9.17, 15) is 4.79 Å². The molecule has 1 heterocycles. The summed E-state index contributed by atoms with van der Waals surface area (Å²) in [5.74, 6) is 0.759. The highest BCUT2D eigenvalue weighted by atomic mass is 35.5. The zero-order valence-electron chi connectivity index (χ0n) is 11.6. The van der Waals surface area contributed by atoms with Crippen LogP contribution in [0, 0.1) is 0 Å². The summed E-state index contributed by atoms with van der Waals surface area (Å²) in [4.78, 5) is 15.2. The van der Waals surface area contributed by atoms with Crippen molar-refractivity contribution in [3.8, 4) is 5.75 Å². The number of rotatable bonds is 3. The van der Waals surface area contributed by atoms with E-state index in [0.29, 0.717) is 11.6 Å². The fourth-order valence-electron chi connectivity index (χ4n) is 2.37. The van der Waals surface area contributed by atoms with Crippen molar-refractivity contribution >= 4 is 17.6 Å². The fraction of sp³-hybridized carbons (Fsp3) is 0.500. The highest BCUT2D eigenvalue weighted by Gasteiger charge is 2.17. The molecule has 110 valence electrons. The molecule has 2 amide bonds. The van der Waals surface area contributed by atoms with Crippen LogP contribution in [0.3, 0.4) is 0 Å². The van der Waals surface area contributed by atoms with Gasteiger partial charge in [-0.1, -0.05) is 17.7 Å². The molecule has 0 unspecified atom stereocenters. The quantitative estimate of drug-likeness (QED) is 0.927. The number of methoxy groups -OCH3 is 1. The van der Waals surface area contributed by atoms with Crippen molar-refractivity contribution < 1.29 is 9.53 Å². The molecule has 1 fully saturated rings. The molecule has 0 bridgehead atoms. The number of hydrogen-bond acceptors (Lipinski definition) is 3. The van der Waals surface area contributed by atoms with Gasteiger partial charge < -0.3 is 15.4 Å². The molecule has 2 N–H and O–H groups in total. The molecule has 0 radical (unpaired) electrons. The smallest absolute Gasteiger partial charge is 0.314 e. The van der Waals surface area contributed by atoms with Crippen molar-refractivity contribution in [2.24, 2.45) is 5.73 Å². The molecule has 0 atom stereocenters. The van der Waals surface area contributed by atoms with Gasteiger partial charge in [-0.2, -0.15) is 0 Å². The minimum Gasteiger partial charge on any atom is -0.497 e. The van der Waals surface area contributed by atoms with Crippen molar-refractivity contribution in [1.82, 2.24) is 9.80 Å². The molecule has 1 aliphatic rings. The van der Waals surface area contributed by atoms with Crippen LogP contribution in [0.25, 0.3) is 0 Å². The second kappa shape index (κ2) is 6.81. The lowest BCUT2D eigenvalue weighted by molar-refractivity contribution is 0.207. The van der Waals surface area contributed by atoms with Gasteiger partial charge in [-0.25, -0.2) is 4.79 Å². The standard InChI is InChI=1S/C14H20ClN3O2/c1-20-12-4-3-11(13(15)9-12)10-17-5-2-6-18(8-7-17)14(16)19/h3-4,9H,2,5-8,10H2,1H3,(H2,16,19). The first-order valence-electron chi connectivity index (χ1n) is 6.69. The van der Waals surface area contributed by atoms with Gasteiger partial charge in [0, 0.05) is 37.7 Å². The second-order valence-corrected chi connectivity index (χ2v) is 5.32. The molecule has 1 aromatic carbocycles. The van der Waals surface area contributed by atoms with Gasteiger partial charge in [0.05, 0.1) is 7.11 Å². The maximum Gasteiger partial charge on any atom is 0.314 e. The van der Waals surface area contributed by atoms with Crippen LogP contribution in [0.4, 0.5) is 4.79 Å². The average molecular weight is 298 g/mol. The highest BCUT2D eigenvalue weighted by Crippen LogP contribution is 2.23. The van der Waals surface area contributed by atoms with Crippen LogP contribution >= 0.6 is 11.6 Å². The highest BCUT2D eigenvalue weighted by molar-refractivity contribution is 6.31. The van der Waals surface area contributed by atoms with Crippen LogP contribution < -0.4 is 10.5 Å². The molecule has 20 heavy (non-hydrogen) atoms. The number of nitrogens with two attached hydrogens (primary N) is 1. The van der Waals surface area contributed by atoms with Gasteiger partial charge in [0.15, 0.2) is 0 Å². The van der Waals surface area contributed by atoms with Crippen molar-refractivity contribution in [3.63, 3.8) is 0 Å². The topological polar surface area (TPSA) is 58.8 Å². The van der Waals surface area contributed by atoms with E-state index in [4.69, 9.17) is 22.1 Å². The Morgan fingerprint density at radius 1 is 1.35 bits per heavy atom. The molecule has 1 saturated heterocycles. The molecular weight excluding hydrogens is 278 g/mol. The number of benzene rings is 1. The van der Waals surface area contributed by atoms with Crippen LogP contribution in [0.2, 0.25) is 5.02 Å². The van der Waals surface area contributed by atoms with Crippen LogP contribution in [-0.2, 0) is 6.54 Å². The van der Waals surface area contributed by atoms with Crippen molar-refractivity contribution in [2.45, 2.75) is 13.0 Å².